The van der Waals surface area contributed by atoms with Crippen molar-refractivity contribution < 1.29 is 17.2 Å². The van der Waals surface area contributed by atoms with Crippen LogP contribution in [-0.4, -0.2) is 13.4 Å². The van der Waals surface area contributed by atoms with Crippen molar-refractivity contribution in [3.8, 4) is 6.07 Å². The van der Waals surface area contributed by atoms with Crippen LogP contribution in [0.25, 0.3) is 0 Å². The molecular weight excluding hydrogens is 264 g/mol. The third-order valence-corrected chi connectivity index (χ3v) is 2.89. The molecule has 0 saturated heterocycles. The van der Waals surface area contributed by atoms with Crippen molar-refractivity contribution in [2.75, 3.05) is 0 Å². The van der Waals surface area contributed by atoms with Gasteiger partial charge < -0.3 is 0 Å². The molecule has 0 amide bonds. The van der Waals surface area contributed by atoms with Gasteiger partial charge in [-0.05, 0) is 0 Å². The predicted octanol–water partition coefficient (Wildman–Crippen LogP) is 1.19. The summed E-state index contributed by atoms with van der Waals surface area (Å²) in [7, 11) is -4.49. The second kappa shape index (κ2) is 4.29. The van der Waals surface area contributed by atoms with Crippen molar-refractivity contribution in [1.82, 2.24) is 4.98 Å². The number of pyridine rings is 1. The van der Waals surface area contributed by atoms with Gasteiger partial charge in [-0.2, -0.15) is 5.26 Å². The molecule has 0 bridgehead atoms. The number of sulfonamides is 1. The second-order valence-corrected chi connectivity index (χ2v) is 4.56. The van der Waals surface area contributed by atoms with Crippen molar-refractivity contribution in [1.29, 1.82) is 5.26 Å². The molecule has 0 unspecified atom stereocenters. The van der Waals surface area contributed by atoms with Gasteiger partial charge in [-0.1, -0.05) is 11.6 Å². The number of nitriles is 1. The normalized spacial score (nSPS) is 11.5. The minimum Gasteiger partial charge on any atom is -0.252 e. The average Bonchev–Trinajstić information content (AvgIpc) is 2.15. The van der Waals surface area contributed by atoms with Gasteiger partial charge in [0.25, 0.3) is 6.43 Å². The van der Waals surface area contributed by atoms with E-state index in [4.69, 9.17) is 22.0 Å². The first-order valence-corrected chi connectivity index (χ1v) is 5.61. The van der Waals surface area contributed by atoms with Gasteiger partial charge in [-0.3, -0.25) is 4.98 Å². The molecular formula is C7H4ClF2N3O2S. The van der Waals surface area contributed by atoms with Crippen LogP contribution in [0.1, 0.15) is 17.7 Å². The second-order valence-electron chi connectivity index (χ2n) is 2.65. The summed E-state index contributed by atoms with van der Waals surface area (Å²) < 4.78 is 47.1. The molecule has 0 aliphatic carbocycles. The summed E-state index contributed by atoms with van der Waals surface area (Å²) in [4.78, 5) is 2.13. The molecule has 0 aliphatic rings. The van der Waals surface area contributed by atoms with E-state index in [1.807, 2.05) is 0 Å². The van der Waals surface area contributed by atoms with E-state index < -0.39 is 32.6 Å². The fraction of sp³-hybridized carbons (Fsp3) is 0.143. The molecule has 16 heavy (non-hydrogen) atoms. The molecule has 0 radical (unpaired) electrons. The molecule has 1 aromatic rings. The summed E-state index contributed by atoms with van der Waals surface area (Å²) in [5.74, 6) is 0. The highest BCUT2D eigenvalue weighted by molar-refractivity contribution is 7.89. The molecule has 9 heteroatoms. The van der Waals surface area contributed by atoms with E-state index in [0.29, 0.717) is 0 Å². The maximum absolute atomic E-state index is 12.5. The summed E-state index contributed by atoms with van der Waals surface area (Å²) in [6, 6.07) is 1.40. The van der Waals surface area contributed by atoms with Gasteiger partial charge in [0, 0.05) is 6.20 Å². The maximum Gasteiger partial charge on any atom is 0.281 e. The third kappa shape index (κ3) is 2.27. The Bertz CT molecular complexity index is 568. The van der Waals surface area contributed by atoms with E-state index in [1.54, 1.807) is 0 Å². The predicted molar refractivity (Wildman–Crippen MR) is 50.3 cm³/mol. The Morgan fingerprint density at radius 3 is 2.50 bits per heavy atom. The van der Waals surface area contributed by atoms with E-state index in [2.05, 4.69) is 4.98 Å². The number of hydrogen-bond donors (Lipinski definition) is 1. The Labute approximate surface area is 94.5 Å². The summed E-state index contributed by atoms with van der Waals surface area (Å²) >= 11 is 5.46. The molecule has 5 nitrogen and oxygen atoms in total. The smallest absolute Gasteiger partial charge is 0.252 e. The Morgan fingerprint density at radius 1 is 1.56 bits per heavy atom. The molecule has 0 fully saturated rings. The SMILES string of the molecule is N#Cc1c(Cl)cnc(C(F)F)c1S(N)(=O)=O. The Balaban J connectivity index is 3.77. The zero-order chi connectivity index (χ0) is 12.5. The largest absolute Gasteiger partial charge is 0.281 e. The molecule has 1 heterocycles. The van der Waals surface area contributed by atoms with Crippen LogP contribution in [0.3, 0.4) is 0 Å². The molecule has 1 aromatic heterocycles. The zero-order valence-corrected chi connectivity index (χ0v) is 9.06. The lowest BCUT2D eigenvalue weighted by Gasteiger charge is -2.08. The number of nitrogens with two attached hydrogens (primary N) is 1. The van der Waals surface area contributed by atoms with Crippen molar-refractivity contribution in [3.05, 3.63) is 22.5 Å². The standard InChI is InChI=1S/C7H4ClF2N3O2S/c8-4-2-13-5(7(9)10)6(3(4)1-11)16(12,14)15/h2,7H,(H2,12,14,15). The summed E-state index contributed by atoms with van der Waals surface area (Å²) in [6.45, 7) is 0. The highest BCUT2D eigenvalue weighted by atomic mass is 35.5. The molecule has 0 aromatic carbocycles. The average molecular weight is 268 g/mol. The van der Waals surface area contributed by atoms with Gasteiger partial charge >= 0.3 is 0 Å². The first-order chi connectivity index (χ1) is 7.29. The number of alkyl halides is 2. The number of halogens is 3. The van der Waals surface area contributed by atoms with Crippen LogP contribution >= 0.6 is 11.6 Å². The molecule has 0 aliphatic heterocycles. The molecule has 2 N–H and O–H groups in total. The van der Waals surface area contributed by atoms with Gasteiger partial charge in [0.1, 0.15) is 16.7 Å². The van der Waals surface area contributed by atoms with Crippen LogP contribution in [0.15, 0.2) is 11.1 Å². The first-order valence-electron chi connectivity index (χ1n) is 3.68. The molecule has 0 saturated carbocycles. The van der Waals surface area contributed by atoms with Crippen molar-refractivity contribution in [2.45, 2.75) is 11.3 Å². The quantitative estimate of drug-likeness (QED) is 0.870. The lowest BCUT2D eigenvalue weighted by Crippen LogP contribution is -2.18. The van der Waals surface area contributed by atoms with Crippen LogP contribution in [0.2, 0.25) is 5.02 Å². The van der Waals surface area contributed by atoms with Crippen molar-refractivity contribution >= 4 is 21.6 Å². The maximum atomic E-state index is 12.5. The zero-order valence-electron chi connectivity index (χ0n) is 7.49. The molecule has 0 atom stereocenters. The lowest BCUT2D eigenvalue weighted by molar-refractivity contribution is 0.142. The number of hydrogen-bond acceptors (Lipinski definition) is 4. The molecule has 0 spiro atoms. The van der Waals surface area contributed by atoms with Gasteiger partial charge in [0.2, 0.25) is 10.0 Å². The van der Waals surface area contributed by atoms with Gasteiger partial charge in [0.05, 0.1) is 10.6 Å². The van der Waals surface area contributed by atoms with Crippen LogP contribution in [-0.2, 0) is 10.0 Å². The van der Waals surface area contributed by atoms with Gasteiger partial charge in [0.15, 0.2) is 0 Å². The van der Waals surface area contributed by atoms with Crippen LogP contribution in [0.4, 0.5) is 8.78 Å². The topological polar surface area (TPSA) is 96.8 Å². The van der Waals surface area contributed by atoms with Crippen LogP contribution in [0, 0.1) is 11.3 Å². The van der Waals surface area contributed by atoms with Crippen LogP contribution in [0.5, 0.6) is 0 Å². The Kier molecular flexibility index (Phi) is 3.42. The summed E-state index contributed by atoms with van der Waals surface area (Å²) in [5.41, 5.74) is -1.71. The number of aromatic nitrogens is 1. The highest BCUT2D eigenvalue weighted by Crippen LogP contribution is 2.30. The minimum atomic E-state index is -4.49. The minimum absolute atomic E-state index is 0.351. The first kappa shape index (κ1) is 12.8. The number of nitrogens with zero attached hydrogens (tertiary/aromatic N) is 2. The van der Waals surface area contributed by atoms with Crippen molar-refractivity contribution in [3.63, 3.8) is 0 Å². The van der Waals surface area contributed by atoms with Gasteiger partial charge in [-0.25, -0.2) is 22.3 Å². The number of rotatable bonds is 2. The Morgan fingerprint density at radius 2 is 2.12 bits per heavy atom. The molecule has 86 valence electrons. The lowest BCUT2D eigenvalue weighted by atomic mass is 10.2. The fourth-order valence-corrected chi connectivity index (χ4v) is 2.15. The summed E-state index contributed by atoms with van der Waals surface area (Å²) in [5, 5.41) is 13.0. The third-order valence-electron chi connectivity index (χ3n) is 1.62. The van der Waals surface area contributed by atoms with E-state index >= 15 is 0 Å². The summed E-state index contributed by atoms with van der Waals surface area (Å²) in [6.07, 6.45) is -2.39. The van der Waals surface area contributed by atoms with Crippen LogP contribution < -0.4 is 5.14 Å². The molecule has 1 rings (SSSR count). The monoisotopic (exact) mass is 267 g/mol. The Hall–Kier alpha value is -1.30. The van der Waals surface area contributed by atoms with E-state index in [0.717, 1.165) is 6.20 Å². The van der Waals surface area contributed by atoms with Gasteiger partial charge in [-0.15, -0.1) is 0 Å². The van der Waals surface area contributed by atoms with E-state index in [9.17, 15) is 17.2 Å². The van der Waals surface area contributed by atoms with Crippen molar-refractivity contribution in [2.24, 2.45) is 5.14 Å². The highest BCUT2D eigenvalue weighted by Gasteiger charge is 2.27. The fourth-order valence-electron chi connectivity index (χ4n) is 1.03. The number of primary sulfonamides is 1. The van der Waals surface area contributed by atoms with E-state index in [1.165, 1.54) is 6.07 Å². The van der Waals surface area contributed by atoms with E-state index in [-0.39, 0.29) is 5.02 Å².